The van der Waals surface area contributed by atoms with Gasteiger partial charge in [0, 0.05) is 18.1 Å². The maximum atomic E-state index is 3.82. The van der Waals surface area contributed by atoms with Gasteiger partial charge in [-0.05, 0) is 45.6 Å². The van der Waals surface area contributed by atoms with Crippen LogP contribution in [0.5, 0.6) is 0 Å². The maximum Gasteiger partial charge on any atom is 0.00708 e. The van der Waals surface area contributed by atoms with Crippen LogP contribution < -0.4 is 10.6 Å². The van der Waals surface area contributed by atoms with E-state index in [0.29, 0.717) is 0 Å². The van der Waals surface area contributed by atoms with Gasteiger partial charge < -0.3 is 10.6 Å². The third-order valence-electron chi connectivity index (χ3n) is 3.74. The van der Waals surface area contributed by atoms with E-state index in [1.54, 1.807) is 0 Å². The molecule has 0 amide bonds. The van der Waals surface area contributed by atoms with Gasteiger partial charge in [-0.15, -0.1) is 0 Å². The number of nitrogens with one attached hydrogen (secondary N) is 2. The Morgan fingerprint density at radius 2 is 1.67 bits per heavy atom. The lowest BCUT2D eigenvalue weighted by Gasteiger charge is -2.31. The quantitative estimate of drug-likeness (QED) is 0.707. The minimum atomic E-state index is 0.756. The summed E-state index contributed by atoms with van der Waals surface area (Å²) < 4.78 is 0. The van der Waals surface area contributed by atoms with Crippen molar-refractivity contribution >= 4 is 0 Å². The van der Waals surface area contributed by atoms with Crippen LogP contribution in [-0.4, -0.2) is 25.2 Å². The van der Waals surface area contributed by atoms with E-state index in [2.05, 4.69) is 31.5 Å². The average molecular weight is 212 g/mol. The molecule has 90 valence electrons. The lowest BCUT2D eigenvalue weighted by Crippen LogP contribution is -2.43. The average Bonchev–Trinajstić information content (AvgIpc) is 2.29. The highest BCUT2D eigenvalue weighted by atomic mass is 15.0. The number of rotatable bonds is 6. The normalized spacial score (nSPS) is 29.0. The molecular formula is C13H28N2. The van der Waals surface area contributed by atoms with E-state index in [1.807, 2.05) is 0 Å². The van der Waals surface area contributed by atoms with Gasteiger partial charge in [0.25, 0.3) is 0 Å². The summed E-state index contributed by atoms with van der Waals surface area (Å²) in [7, 11) is 2.09. The van der Waals surface area contributed by atoms with Crippen LogP contribution in [-0.2, 0) is 0 Å². The van der Waals surface area contributed by atoms with Crippen LogP contribution in [0.4, 0.5) is 0 Å². The molecule has 1 atom stereocenters. The zero-order chi connectivity index (χ0) is 11.1. The zero-order valence-electron chi connectivity index (χ0n) is 10.7. The summed E-state index contributed by atoms with van der Waals surface area (Å²) in [5.41, 5.74) is 0. The molecule has 1 unspecified atom stereocenters. The smallest absolute Gasteiger partial charge is 0.00708 e. The monoisotopic (exact) mass is 212 g/mol. The molecule has 0 spiro atoms. The first kappa shape index (κ1) is 13.0. The van der Waals surface area contributed by atoms with Crippen molar-refractivity contribution in [2.75, 3.05) is 7.05 Å². The van der Waals surface area contributed by atoms with Gasteiger partial charge in [-0.25, -0.2) is 0 Å². The Morgan fingerprint density at radius 3 is 2.13 bits per heavy atom. The number of hydrogen-bond acceptors (Lipinski definition) is 2. The van der Waals surface area contributed by atoms with E-state index < -0.39 is 0 Å². The fourth-order valence-corrected chi connectivity index (χ4v) is 2.64. The van der Waals surface area contributed by atoms with Crippen LogP contribution in [0.3, 0.4) is 0 Å². The van der Waals surface area contributed by atoms with E-state index in [-0.39, 0.29) is 0 Å². The molecule has 0 aromatic carbocycles. The molecule has 0 aromatic rings. The van der Waals surface area contributed by atoms with E-state index >= 15 is 0 Å². The molecule has 0 saturated heterocycles. The molecule has 0 aromatic heterocycles. The molecule has 1 aliphatic rings. The largest absolute Gasteiger partial charge is 0.317 e. The lowest BCUT2D eigenvalue weighted by atomic mass is 9.90. The van der Waals surface area contributed by atoms with Crippen molar-refractivity contribution in [3.8, 4) is 0 Å². The minimum Gasteiger partial charge on any atom is -0.317 e. The van der Waals surface area contributed by atoms with Gasteiger partial charge in [0.15, 0.2) is 0 Å². The van der Waals surface area contributed by atoms with E-state index in [9.17, 15) is 0 Å². The summed E-state index contributed by atoms with van der Waals surface area (Å²) >= 11 is 0. The van der Waals surface area contributed by atoms with Crippen LogP contribution in [0.15, 0.2) is 0 Å². The molecule has 0 bridgehead atoms. The molecule has 2 heteroatoms. The maximum absolute atomic E-state index is 3.82. The van der Waals surface area contributed by atoms with E-state index in [1.165, 1.54) is 44.9 Å². The first-order valence-electron chi connectivity index (χ1n) is 6.73. The van der Waals surface area contributed by atoms with E-state index in [0.717, 1.165) is 18.1 Å². The second kappa shape index (κ2) is 7.24. The minimum absolute atomic E-state index is 0.756. The van der Waals surface area contributed by atoms with Crippen LogP contribution >= 0.6 is 0 Å². The van der Waals surface area contributed by atoms with Crippen LogP contribution in [0.25, 0.3) is 0 Å². The topological polar surface area (TPSA) is 24.1 Å². The van der Waals surface area contributed by atoms with Gasteiger partial charge in [-0.3, -0.25) is 0 Å². The first-order chi connectivity index (χ1) is 7.30. The molecular weight excluding hydrogens is 184 g/mol. The van der Waals surface area contributed by atoms with Crippen molar-refractivity contribution < 1.29 is 0 Å². The molecule has 1 saturated carbocycles. The Balaban J connectivity index is 2.21. The van der Waals surface area contributed by atoms with Crippen molar-refractivity contribution in [3.05, 3.63) is 0 Å². The Morgan fingerprint density at radius 1 is 1.07 bits per heavy atom. The van der Waals surface area contributed by atoms with Gasteiger partial charge in [0.1, 0.15) is 0 Å². The first-order valence-corrected chi connectivity index (χ1v) is 6.73. The molecule has 0 heterocycles. The molecule has 1 fully saturated rings. The Kier molecular flexibility index (Phi) is 6.26. The fraction of sp³-hybridized carbons (Fsp3) is 1.00. The lowest BCUT2D eigenvalue weighted by molar-refractivity contribution is 0.286. The fourth-order valence-electron chi connectivity index (χ4n) is 2.64. The van der Waals surface area contributed by atoms with Crippen molar-refractivity contribution in [1.29, 1.82) is 0 Å². The molecule has 2 N–H and O–H groups in total. The summed E-state index contributed by atoms with van der Waals surface area (Å²) in [6, 6.07) is 2.31. The van der Waals surface area contributed by atoms with Gasteiger partial charge >= 0.3 is 0 Å². The molecule has 15 heavy (non-hydrogen) atoms. The molecule has 2 nitrogen and oxygen atoms in total. The summed E-state index contributed by atoms with van der Waals surface area (Å²) in [4.78, 5) is 0. The predicted octanol–water partition coefficient (Wildman–Crippen LogP) is 2.69. The van der Waals surface area contributed by atoms with Crippen LogP contribution in [0.2, 0.25) is 0 Å². The Bertz CT molecular complexity index is 151. The van der Waals surface area contributed by atoms with Crippen molar-refractivity contribution in [1.82, 2.24) is 10.6 Å². The molecule has 0 radical (unpaired) electrons. The van der Waals surface area contributed by atoms with Gasteiger partial charge in [-0.2, -0.15) is 0 Å². The SMILES string of the molecule is CCCC(CC)NC1CCC(NC)CC1. The second-order valence-electron chi connectivity index (χ2n) is 4.90. The Hall–Kier alpha value is -0.0800. The summed E-state index contributed by atoms with van der Waals surface area (Å²) in [6.45, 7) is 4.58. The Labute approximate surface area is 95.2 Å². The van der Waals surface area contributed by atoms with Gasteiger partial charge in [0.05, 0.1) is 0 Å². The number of hydrogen-bond donors (Lipinski definition) is 2. The highest BCUT2D eigenvalue weighted by molar-refractivity contribution is 4.82. The molecule has 1 rings (SSSR count). The van der Waals surface area contributed by atoms with Crippen LogP contribution in [0, 0.1) is 0 Å². The van der Waals surface area contributed by atoms with Crippen molar-refractivity contribution in [2.24, 2.45) is 0 Å². The zero-order valence-corrected chi connectivity index (χ0v) is 10.7. The molecule has 1 aliphatic carbocycles. The van der Waals surface area contributed by atoms with Crippen molar-refractivity contribution in [2.45, 2.75) is 76.9 Å². The van der Waals surface area contributed by atoms with Crippen molar-refractivity contribution in [3.63, 3.8) is 0 Å². The summed E-state index contributed by atoms with van der Waals surface area (Å²) in [6.07, 6.45) is 9.31. The summed E-state index contributed by atoms with van der Waals surface area (Å²) in [5, 5.41) is 7.21. The van der Waals surface area contributed by atoms with Gasteiger partial charge in [0.2, 0.25) is 0 Å². The van der Waals surface area contributed by atoms with Gasteiger partial charge in [-0.1, -0.05) is 20.3 Å². The molecule has 0 aliphatic heterocycles. The standard InChI is InChI=1S/C13H28N2/c1-4-6-11(5-2)15-13-9-7-12(14-3)8-10-13/h11-15H,4-10H2,1-3H3. The third-order valence-corrected chi connectivity index (χ3v) is 3.74. The second-order valence-corrected chi connectivity index (χ2v) is 4.90. The highest BCUT2D eigenvalue weighted by Gasteiger charge is 2.21. The van der Waals surface area contributed by atoms with E-state index in [4.69, 9.17) is 0 Å². The highest BCUT2D eigenvalue weighted by Crippen LogP contribution is 2.19. The summed E-state index contributed by atoms with van der Waals surface area (Å²) in [5.74, 6) is 0. The van der Waals surface area contributed by atoms with Crippen LogP contribution in [0.1, 0.15) is 58.8 Å². The predicted molar refractivity (Wildman–Crippen MR) is 67.2 cm³/mol. The third kappa shape index (κ3) is 4.52.